The van der Waals surface area contributed by atoms with Gasteiger partial charge < -0.3 is 21.7 Å². The third-order valence-corrected chi connectivity index (χ3v) is 4.38. The number of hydrogen-bond acceptors (Lipinski definition) is 5. The molecule has 1 rings (SSSR count). The third kappa shape index (κ3) is 6.08. The Morgan fingerprint density at radius 3 is 2.95 bits per heavy atom. The van der Waals surface area contributed by atoms with E-state index in [9.17, 15) is 0 Å². The van der Waals surface area contributed by atoms with Crippen LogP contribution < -0.4 is 21.7 Å². The summed E-state index contributed by atoms with van der Waals surface area (Å²) in [5.41, 5.74) is 6.31. The normalized spacial score (nSPS) is 10.0. The van der Waals surface area contributed by atoms with E-state index in [4.69, 9.17) is 23.4 Å². The van der Waals surface area contributed by atoms with Gasteiger partial charge in [0.1, 0.15) is 0 Å². The van der Waals surface area contributed by atoms with Crippen molar-refractivity contribution in [3.63, 3.8) is 0 Å². The molecule has 0 aliphatic carbocycles. The van der Waals surface area contributed by atoms with Gasteiger partial charge in [0, 0.05) is 30.0 Å². The maximum Gasteiger partial charge on any atom is 0.192 e. The number of hydrogen-bond donors (Lipinski definition) is 5. The van der Waals surface area contributed by atoms with Crippen LogP contribution >= 0.6 is 35.3 Å². The van der Waals surface area contributed by atoms with Gasteiger partial charge in [-0.05, 0) is 19.1 Å². The number of thioether (sulfide) groups is 1. The van der Waals surface area contributed by atoms with Crippen LogP contribution in [-0.2, 0) is 5.75 Å². The summed E-state index contributed by atoms with van der Waals surface area (Å²) < 4.78 is 0. The highest BCUT2D eigenvalue weighted by molar-refractivity contribution is 7.98. The van der Waals surface area contributed by atoms with Crippen LogP contribution in [0.2, 0.25) is 0 Å². The standard InChI is InChI=1S/C10H18N6S3/c1-6-7(15-10(19-6)16-8(11)12)5-18-4-3-14-9(17)13-2/h3-5H2,1-2H3,(H2,13,14,17)(H4,11,12,15,16). The monoisotopic (exact) mass is 318 g/mol. The summed E-state index contributed by atoms with van der Waals surface area (Å²) in [6.07, 6.45) is 0. The van der Waals surface area contributed by atoms with E-state index in [1.165, 1.54) is 11.3 Å². The number of nitrogens with one attached hydrogen (secondary N) is 4. The number of rotatable bonds is 6. The number of aryl methyl sites for hydroxylation is 1. The summed E-state index contributed by atoms with van der Waals surface area (Å²) in [6.45, 7) is 2.85. The summed E-state index contributed by atoms with van der Waals surface area (Å²) in [7, 11) is 1.80. The Morgan fingerprint density at radius 1 is 1.58 bits per heavy atom. The predicted octanol–water partition coefficient (Wildman–Crippen LogP) is 1.08. The minimum absolute atomic E-state index is 0.0854. The molecular formula is C10H18N6S3. The lowest BCUT2D eigenvalue weighted by molar-refractivity contribution is 0.942. The van der Waals surface area contributed by atoms with Gasteiger partial charge in [0.25, 0.3) is 0 Å². The smallest absolute Gasteiger partial charge is 0.192 e. The van der Waals surface area contributed by atoms with Crippen LogP contribution in [0.25, 0.3) is 0 Å². The first-order chi connectivity index (χ1) is 9.02. The average molecular weight is 318 g/mol. The Bertz CT molecular complexity index is 444. The van der Waals surface area contributed by atoms with Gasteiger partial charge in [-0.25, -0.2) is 4.98 Å². The zero-order valence-electron chi connectivity index (χ0n) is 10.9. The Balaban J connectivity index is 2.31. The van der Waals surface area contributed by atoms with E-state index in [1.54, 1.807) is 18.8 Å². The van der Waals surface area contributed by atoms with Crippen LogP contribution in [0.15, 0.2) is 0 Å². The Hall–Kier alpha value is -1.06. The number of guanidine groups is 1. The van der Waals surface area contributed by atoms with Gasteiger partial charge in [0.15, 0.2) is 16.2 Å². The molecule has 0 unspecified atom stereocenters. The van der Waals surface area contributed by atoms with Crippen molar-refractivity contribution in [2.75, 3.05) is 24.7 Å². The Morgan fingerprint density at radius 2 is 2.32 bits per heavy atom. The van der Waals surface area contributed by atoms with Crippen LogP contribution in [0, 0.1) is 12.3 Å². The van der Waals surface area contributed by atoms with Crippen molar-refractivity contribution in [3.05, 3.63) is 10.6 Å². The van der Waals surface area contributed by atoms with Crippen molar-refractivity contribution in [2.45, 2.75) is 12.7 Å². The number of aromatic nitrogens is 1. The number of thiazole rings is 1. The number of nitrogens with two attached hydrogens (primary N) is 1. The van der Waals surface area contributed by atoms with Crippen molar-refractivity contribution in [1.82, 2.24) is 15.6 Å². The summed E-state index contributed by atoms with van der Waals surface area (Å²) >= 11 is 8.28. The first-order valence-electron chi connectivity index (χ1n) is 5.63. The molecule has 19 heavy (non-hydrogen) atoms. The molecule has 1 aromatic rings. The molecule has 0 bridgehead atoms. The molecule has 0 spiro atoms. The van der Waals surface area contributed by atoms with Gasteiger partial charge in [-0.1, -0.05) is 0 Å². The highest BCUT2D eigenvalue weighted by Crippen LogP contribution is 2.24. The zero-order chi connectivity index (χ0) is 14.3. The molecule has 0 aliphatic rings. The second-order valence-corrected chi connectivity index (χ2v) is 6.34. The molecule has 0 saturated heterocycles. The zero-order valence-corrected chi connectivity index (χ0v) is 13.3. The maximum atomic E-state index is 7.16. The molecule has 0 aliphatic heterocycles. The molecule has 1 heterocycles. The average Bonchev–Trinajstić information content (AvgIpc) is 2.68. The summed E-state index contributed by atoms with van der Waals surface area (Å²) in [4.78, 5) is 5.55. The lowest BCUT2D eigenvalue weighted by Gasteiger charge is -2.06. The Labute approximate surface area is 126 Å². The van der Waals surface area contributed by atoms with E-state index in [1.807, 2.05) is 6.92 Å². The van der Waals surface area contributed by atoms with E-state index in [2.05, 4.69) is 20.9 Å². The number of anilines is 1. The minimum Gasteiger partial charge on any atom is -0.370 e. The van der Waals surface area contributed by atoms with Crippen LogP contribution in [0.1, 0.15) is 10.6 Å². The molecule has 0 saturated carbocycles. The quantitative estimate of drug-likeness (QED) is 0.232. The van der Waals surface area contributed by atoms with Crippen LogP contribution in [0.4, 0.5) is 5.13 Å². The molecule has 0 aromatic carbocycles. The van der Waals surface area contributed by atoms with Crippen molar-refractivity contribution < 1.29 is 0 Å². The molecule has 0 fully saturated rings. The Kier molecular flexibility index (Phi) is 6.89. The summed E-state index contributed by atoms with van der Waals surface area (Å²) in [5, 5.41) is 17.2. The van der Waals surface area contributed by atoms with Gasteiger partial charge in [-0.3, -0.25) is 5.41 Å². The van der Waals surface area contributed by atoms with E-state index < -0.39 is 0 Å². The highest BCUT2D eigenvalue weighted by atomic mass is 32.2. The largest absolute Gasteiger partial charge is 0.370 e. The number of thiocarbonyl (C=S) groups is 1. The fourth-order valence-electron chi connectivity index (χ4n) is 1.22. The third-order valence-electron chi connectivity index (χ3n) is 2.13. The molecular weight excluding hydrogens is 300 g/mol. The lowest BCUT2D eigenvalue weighted by atomic mass is 10.4. The molecule has 0 atom stereocenters. The van der Waals surface area contributed by atoms with Gasteiger partial charge >= 0.3 is 0 Å². The SMILES string of the molecule is CNC(=S)NCCSCc1nc(NC(=N)N)sc1C. The van der Waals surface area contributed by atoms with Gasteiger partial charge in [0.05, 0.1) is 5.69 Å². The second-order valence-electron chi connectivity index (χ2n) is 3.62. The van der Waals surface area contributed by atoms with Gasteiger partial charge in [-0.2, -0.15) is 11.8 Å². The molecule has 106 valence electrons. The maximum absolute atomic E-state index is 7.16. The van der Waals surface area contributed by atoms with E-state index in [-0.39, 0.29) is 5.96 Å². The van der Waals surface area contributed by atoms with Crippen molar-refractivity contribution in [2.24, 2.45) is 5.73 Å². The number of nitrogens with zero attached hydrogens (tertiary/aromatic N) is 1. The van der Waals surface area contributed by atoms with Crippen molar-refractivity contribution in [3.8, 4) is 0 Å². The topological polar surface area (TPSA) is 98.9 Å². The predicted molar refractivity (Wildman–Crippen MR) is 88.2 cm³/mol. The molecule has 6 N–H and O–H groups in total. The second kappa shape index (κ2) is 8.18. The first kappa shape index (κ1) is 16.0. The summed E-state index contributed by atoms with van der Waals surface area (Å²) in [5.74, 6) is 1.71. The summed E-state index contributed by atoms with van der Waals surface area (Å²) in [6, 6.07) is 0. The molecule has 1 aromatic heterocycles. The van der Waals surface area contributed by atoms with Crippen LogP contribution in [-0.4, -0.2) is 35.4 Å². The fraction of sp³-hybridized carbons (Fsp3) is 0.500. The molecule has 0 radical (unpaired) electrons. The van der Waals surface area contributed by atoms with E-state index in [0.717, 1.165) is 28.6 Å². The van der Waals surface area contributed by atoms with Gasteiger partial charge in [0.2, 0.25) is 0 Å². The molecule has 6 nitrogen and oxygen atoms in total. The van der Waals surface area contributed by atoms with E-state index >= 15 is 0 Å². The van der Waals surface area contributed by atoms with Gasteiger partial charge in [-0.15, -0.1) is 11.3 Å². The van der Waals surface area contributed by atoms with Crippen LogP contribution in [0.3, 0.4) is 0 Å². The first-order valence-corrected chi connectivity index (χ1v) is 8.01. The van der Waals surface area contributed by atoms with Crippen molar-refractivity contribution >= 4 is 51.5 Å². The molecule has 9 heteroatoms. The van der Waals surface area contributed by atoms with Crippen molar-refractivity contribution in [1.29, 1.82) is 5.41 Å². The highest BCUT2D eigenvalue weighted by Gasteiger charge is 2.07. The van der Waals surface area contributed by atoms with Crippen LogP contribution in [0.5, 0.6) is 0 Å². The fourth-order valence-corrected chi connectivity index (χ4v) is 3.13. The molecule has 0 amide bonds. The minimum atomic E-state index is -0.0854. The lowest BCUT2D eigenvalue weighted by Crippen LogP contribution is -2.33. The van der Waals surface area contributed by atoms with E-state index in [0.29, 0.717) is 10.2 Å².